The van der Waals surface area contributed by atoms with Crippen molar-refractivity contribution < 1.29 is 0 Å². The second-order valence-corrected chi connectivity index (χ2v) is 6.09. The van der Waals surface area contributed by atoms with Crippen molar-refractivity contribution in [1.29, 1.82) is 0 Å². The Labute approximate surface area is 182 Å². The number of hydrogen-bond acceptors (Lipinski definition) is 5. The fourth-order valence-corrected chi connectivity index (χ4v) is 2.52. The number of fused-ring (bicyclic) bond motifs is 1. The number of aromatic nitrogens is 3. The van der Waals surface area contributed by atoms with Crippen LogP contribution in [0.25, 0.3) is 16.7 Å². The van der Waals surface area contributed by atoms with E-state index < -0.39 is 0 Å². The summed E-state index contributed by atoms with van der Waals surface area (Å²) < 4.78 is 1.54. The molecule has 3 rings (SSSR count). The van der Waals surface area contributed by atoms with E-state index in [0.717, 1.165) is 36.1 Å². The largest absolute Gasteiger partial charge is 0.370 e. The highest BCUT2D eigenvalue weighted by Crippen LogP contribution is 2.11. The van der Waals surface area contributed by atoms with Gasteiger partial charge in [0.15, 0.2) is 5.96 Å². The number of rotatable bonds is 7. The molecule has 0 aliphatic heterocycles. The lowest BCUT2D eigenvalue weighted by molar-refractivity contribution is 0.655. The van der Waals surface area contributed by atoms with E-state index in [9.17, 15) is 4.79 Å². The van der Waals surface area contributed by atoms with Gasteiger partial charge in [-0.05, 0) is 49.9 Å². The molecule has 0 radical (unpaired) electrons. The fraction of sp³-hybridized carbons (Fsp3) is 0.286. The number of allylic oxidation sites excluding steroid dienone is 1. The van der Waals surface area contributed by atoms with Gasteiger partial charge in [-0.15, -0.1) is 6.58 Å². The molecule has 162 valence electrons. The fourth-order valence-electron chi connectivity index (χ4n) is 2.52. The van der Waals surface area contributed by atoms with Crippen LogP contribution in [0.3, 0.4) is 0 Å². The number of thiol groups is 1. The van der Waals surface area contributed by atoms with Gasteiger partial charge in [0.2, 0.25) is 0 Å². The maximum Gasteiger partial charge on any atom is 0.354 e. The number of H-pyrrole nitrogens is 1. The number of nitrogens with one attached hydrogen (secondary N) is 2. The Morgan fingerprint density at radius 2 is 1.97 bits per heavy atom. The maximum absolute atomic E-state index is 12.1. The Morgan fingerprint density at radius 1 is 1.30 bits per heavy atom. The lowest BCUT2D eigenvalue weighted by Gasteiger charge is -2.08. The summed E-state index contributed by atoms with van der Waals surface area (Å²) in [5.74, 6) is 0.123. The molecule has 0 fully saturated rings. The molecule has 0 amide bonds. The van der Waals surface area contributed by atoms with E-state index in [1.54, 1.807) is 29.3 Å². The van der Waals surface area contributed by atoms with Crippen molar-refractivity contribution in [3.63, 3.8) is 0 Å². The Morgan fingerprint density at radius 3 is 2.60 bits per heavy atom. The summed E-state index contributed by atoms with van der Waals surface area (Å²) in [6.45, 7) is 7.43. The Kier molecular flexibility index (Phi) is 11.7. The summed E-state index contributed by atoms with van der Waals surface area (Å²) in [4.78, 5) is 23.0. The second kappa shape index (κ2) is 14.0. The number of nitrogens with zero attached hydrogens (tertiary/aromatic N) is 3. The zero-order chi connectivity index (χ0) is 22.4. The molecule has 0 bridgehead atoms. The van der Waals surface area contributed by atoms with Crippen LogP contribution in [0.15, 0.2) is 65.2 Å². The molecular weight excluding hydrogens is 398 g/mol. The highest BCUT2D eigenvalue weighted by molar-refractivity contribution is 7.79. The molecule has 0 atom stereocenters. The predicted molar refractivity (Wildman–Crippen MR) is 129 cm³/mol. The molecule has 0 saturated carbocycles. The van der Waals surface area contributed by atoms with E-state index in [2.05, 4.69) is 39.5 Å². The third-order valence-electron chi connectivity index (χ3n) is 3.79. The smallest absolute Gasteiger partial charge is 0.354 e. The molecule has 0 unspecified atom stereocenters. The minimum absolute atomic E-state index is 0.123. The third kappa shape index (κ3) is 8.14. The molecular formula is C21H31N7OS. The normalized spacial score (nSPS) is 9.70. The van der Waals surface area contributed by atoms with Crippen LogP contribution >= 0.6 is 12.6 Å². The van der Waals surface area contributed by atoms with Gasteiger partial charge in [0.1, 0.15) is 5.65 Å². The Balaban J connectivity index is 0.000000826. The molecule has 1 aromatic carbocycles. The first-order chi connectivity index (χ1) is 14.5. The van der Waals surface area contributed by atoms with Gasteiger partial charge in [0.25, 0.3) is 0 Å². The van der Waals surface area contributed by atoms with Crippen LogP contribution in [0.5, 0.6) is 0 Å². The first-order valence-corrected chi connectivity index (χ1v) is 10.4. The third-order valence-corrected chi connectivity index (χ3v) is 3.79. The van der Waals surface area contributed by atoms with Crippen molar-refractivity contribution in [2.75, 3.05) is 19.3 Å². The van der Waals surface area contributed by atoms with Crippen molar-refractivity contribution in [3.8, 4) is 5.69 Å². The minimum Gasteiger partial charge on any atom is -0.370 e. The summed E-state index contributed by atoms with van der Waals surface area (Å²) in [5.41, 5.74) is 12.8. The first kappa shape index (κ1) is 25.0. The van der Waals surface area contributed by atoms with E-state index in [4.69, 9.17) is 11.5 Å². The highest BCUT2D eigenvalue weighted by Gasteiger charge is 2.04. The average molecular weight is 430 g/mol. The molecule has 9 heteroatoms. The summed E-state index contributed by atoms with van der Waals surface area (Å²) in [5, 5.41) is 4.23. The SMILES string of the molecule is C=CC.CS.NC(N)=NCCCNCc1ccc(-n2cc3cc[nH]c3nc2=O)cc1. The lowest BCUT2D eigenvalue weighted by Crippen LogP contribution is -2.23. The molecule has 0 aliphatic rings. The van der Waals surface area contributed by atoms with Crippen LogP contribution in [0, 0.1) is 0 Å². The monoisotopic (exact) mass is 429 g/mol. The zero-order valence-corrected chi connectivity index (χ0v) is 18.4. The van der Waals surface area contributed by atoms with E-state index in [-0.39, 0.29) is 11.6 Å². The van der Waals surface area contributed by atoms with Crippen molar-refractivity contribution in [2.24, 2.45) is 16.5 Å². The zero-order valence-electron chi connectivity index (χ0n) is 17.5. The first-order valence-electron chi connectivity index (χ1n) is 9.49. The number of aromatic amines is 1. The van der Waals surface area contributed by atoms with Gasteiger partial charge in [-0.25, -0.2) is 4.79 Å². The molecule has 2 aromatic heterocycles. The van der Waals surface area contributed by atoms with Crippen molar-refractivity contribution >= 4 is 29.6 Å². The van der Waals surface area contributed by atoms with Crippen LogP contribution in [-0.4, -0.2) is 39.8 Å². The van der Waals surface area contributed by atoms with Crippen LogP contribution in [-0.2, 0) is 6.54 Å². The Hall–Kier alpha value is -3.04. The van der Waals surface area contributed by atoms with Gasteiger partial charge in [0, 0.05) is 30.9 Å². The Bertz CT molecular complexity index is 973. The predicted octanol–water partition coefficient (Wildman–Crippen LogP) is 2.21. The standard InChI is InChI=1S/C17H21N7O.C3H6.CH4S/c18-16(19)22-8-1-7-20-10-12-2-4-14(5-3-12)24-11-13-6-9-21-15(13)23-17(24)25;1-3-2;1-2/h2-6,9,11,20H,1,7-8,10H2,(H4,18,19,22)(H,21,23,25);3H,1H2,2H3;2H,1H3. The summed E-state index contributed by atoms with van der Waals surface area (Å²) >= 11 is 3.53. The van der Waals surface area contributed by atoms with E-state index in [0.29, 0.717) is 12.2 Å². The maximum atomic E-state index is 12.1. The molecule has 0 saturated heterocycles. The van der Waals surface area contributed by atoms with Gasteiger partial charge >= 0.3 is 5.69 Å². The van der Waals surface area contributed by atoms with E-state index in [1.165, 1.54) is 0 Å². The molecule has 3 aromatic rings. The molecule has 0 spiro atoms. The lowest BCUT2D eigenvalue weighted by atomic mass is 10.2. The highest BCUT2D eigenvalue weighted by atomic mass is 32.1. The van der Waals surface area contributed by atoms with Gasteiger partial charge in [-0.3, -0.25) is 9.56 Å². The van der Waals surface area contributed by atoms with Crippen LogP contribution < -0.4 is 22.5 Å². The van der Waals surface area contributed by atoms with Crippen molar-refractivity contribution in [2.45, 2.75) is 19.9 Å². The molecule has 6 N–H and O–H groups in total. The average Bonchev–Trinajstić information content (AvgIpc) is 3.19. The van der Waals surface area contributed by atoms with E-state index in [1.807, 2.05) is 37.3 Å². The van der Waals surface area contributed by atoms with Gasteiger partial charge in [-0.2, -0.15) is 17.6 Å². The second-order valence-electron chi connectivity index (χ2n) is 6.09. The minimum atomic E-state index is -0.305. The molecule has 0 aliphatic carbocycles. The molecule has 8 nitrogen and oxygen atoms in total. The number of nitrogens with two attached hydrogens (primary N) is 2. The molecule has 2 heterocycles. The quantitative estimate of drug-likeness (QED) is 0.129. The topological polar surface area (TPSA) is 127 Å². The van der Waals surface area contributed by atoms with Crippen LogP contribution in [0.1, 0.15) is 18.9 Å². The van der Waals surface area contributed by atoms with Gasteiger partial charge in [0.05, 0.1) is 5.69 Å². The van der Waals surface area contributed by atoms with Crippen molar-refractivity contribution in [1.82, 2.24) is 19.9 Å². The van der Waals surface area contributed by atoms with Crippen LogP contribution in [0.4, 0.5) is 0 Å². The summed E-state index contributed by atoms with van der Waals surface area (Å²) in [6.07, 6.45) is 7.87. The number of benzene rings is 1. The number of hydrogen-bond donors (Lipinski definition) is 5. The van der Waals surface area contributed by atoms with Gasteiger partial charge in [-0.1, -0.05) is 18.2 Å². The van der Waals surface area contributed by atoms with Gasteiger partial charge < -0.3 is 21.8 Å². The summed E-state index contributed by atoms with van der Waals surface area (Å²) in [7, 11) is 0. The summed E-state index contributed by atoms with van der Waals surface area (Å²) in [6, 6.07) is 9.70. The van der Waals surface area contributed by atoms with Crippen molar-refractivity contribution in [3.05, 3.63) is 71.4 Å². The van der Waals surface area contributed by atoms with E-state index >= 15 is 0 Å². The van der Waals surface area contributed by atoms with Crippen LogP contribution in [0.2, 0.25) is 0 Å². The number of guanidine groups is 1. The molecule has 30 heavy (non-hydrogen) atoms. The number of aliphatic imine (C=N–C) groups is 1.